The van der Waals surface area contributed by atoms with Crippen molar-refractivity contribution < 1.29 is 9.90 Å². The maximum Gasteiger partial charge on any atom is 0.372 e. The molecule has 1 atom stereocenters. The second-order valence-corrected chi connectivity index (χ2v) is 3.46. The van der Waals surface area contributed by atoms with Crippen molar-refractivity contribution >= 4 is 5.97 Å². The molecular weight excluding hydrogens is 182 g/mol. The molecule has 1 saturated heterocycles. The van der Waals surface area contributed by atoms with Crippen LogP contribution in [0.1, 0.15) is 29.5 Å². The summed E-state index contributed by atoms with van der Waals surface area (Å²) in [5.74, 6) is -0.820. The van der Waals surface area contributed by atoms with Crippen molar-refractivity contribution in [2.45, 2.75) is 18.9 Å². The molecule has 0 radical (unpaired) electrons. The van der Waals surface area contributed by atoms with Gasteiger partial charge in [-0.3, -0.25) is 0 Å². The fourth-order valence-corrected chi connectivity index (χ4v) is 1.84. The molecule has 1 unspecified atom stereocenters. The average molecular weight is 195 g/mol. The van der Waals surface area contributed by atoms with E-state index in [0.717, 1.165) is 25.9 Å². The van der Waals surface area contributed by atoms with Crippen molar-refractivity contribution in [3.63, 3.8) is 0 Å². The monoisotopic (exact) mass is 195 g/mol. The molecular formula is C9H13N3O2. The summed E-state index contributed by atoms with van der Waals surface area (Å²) < 4.78 is 1.74. The van der Waals surface area contributed by atoms with Crippen LogP contribution in [0.25, 0.3) is 0 Å². The zero-order chi connectivity index (χ0) is 9.97. The first-order valence-electron chi connectivity index (χ1n) is 4.76. The maximum absolute atomic E-state index is 10.8. The van der Waals surface area contributed by atoms with Crippen LogP contribution in [-0.4, -0.2) is 33.7 Å². The van der Waals surface area contributed by atoms with Gasteiger partial charge in [-0.2, -0.15) is 0 Å². The van der Waals surface area contributed by atoms with Crippen molar-refractivity contribution in [1.29, 1.82) is 0 Å². The molecule has 0 bridgehead atoms. The number of carboxylic acids is 1. The van der Waals surface area contributed by atoms with Gasteiger partial charge in [-0.1, -0.05) is 0 Å². The number of piperidine rings is 1. The predicted molar refractivity (Wildman–Crippen MR) is 50.3 cm³/mol. The summed E-state index contributed by atoms with van der Waals surface area (Å²) in [4.78, 5) is 14.6. The molecule has 2 N–H and O–H groups in total. The second-order valence-electron chi connectivity index (χ2n) is 3.46. The Morgan fingerprint density at radius 1 is 1.71 bits per heavy atom. The Kier molecular flexibility index (Phi) is 2.49. The first-order valence-corrected chi connectivity index (χ1v) is 4.76. The zero-order valence-electron chi connectivity index (χ0n) is 7.81. The van der Waals surface area contributed by atoms with E-state index in [2.05, 4.69) is 10.3 Å². The van der Waals surface area contributed by atoms with E-state index in [1.165, 1.54) is 6.20 Å². The SMILES string of the molecule is O=C(O)c1nccn1C1CCCNC1. The predicted octanol–water partition coefficient (Wildman–Crippen LogP) is 0.506. The standard InChI is InChI=1S/C9H13N3O2/c13-9(14)8-11-4-5-12(8)7-2-1-3-10-6-7/h4-5,7,10H,1-3,6H2,(H,13,14). The van der Waals surface area contributed by atoms with E-state index in [0.29, 0.717) is 0 Å². The Morgan fingerprint density at radius 2 is 2.57 bits per heavy atom. The molecule has 0 saturated carbocycles. The van der Waals surface area contributed by atoms with Gasteiger partial charge in [-0.05, 0) is 19.4 Å². The molecule has 1 fully saturated rings. The number of hydrogen-bond donors (Lipinski definition) is 2. The van der Waals surface area contributed by atoms with Crippen LogP contribution < -0.4 is 5.32 Å². The van der Waals surface area contributed by atoms with Crippen molar-refractivity contribution in [1.82, 2.24) is 14.9 Å². The molecule has 2 rings (SSSR count). The molecule has 1 aromatic rings. The van der Waals surface area contributed by atoms with Crippen LogP contribution in [0.3, 0.4) is 0 Å². The summed E-state index contributed by atoms with van der Waals surface area (Å²) in [5, 5.41) is 12.1. The Hall–Kier alpha value is -1.36. The zero-order valence-corrected chi connectivity index (χ0v) is 7.81. The van der Waals surface area contributed by atoms with E-state index in [-0.39, 0.29) is 11.9 Å². The van der Waals surface area contributed by atoms with Gasteiger partial charge in [0.2, 0.25) is 5.82 Å². The highest BCUT2D eigenvalue weighted by Crippen LogP contribution is 2.17. The van der Waals surface area contributed by atoms with Crippen molar-refractivity contribution in [2.75, 3.05) is 13.1 Å². The first-order chi connectivity index (χ1) is 6.79. The largest absolute Gasteiger partial charge is 0.475 e. The molecule has 1 aliphatic rings. The summed E-state index contributed by atoms with van der Waals surface area (Å²) in [6.45, 7) is 1.85. The average Bonchev–Trinajstić information content (AvgIpc) is 2.67. The van der Waals surface area contributed by atoms with Gasteiger partial charge >= 0.3 is 5.97 Å². The van der Waals surface area contributed by atoms with Crippen LogP contribution in [0.5, 0.6) is 0 Å². The Labute approximate surface area is 81.8 Å². The highest BCUT2D eigenvalue weighted by molar-refractivity contribution is 5.83. The van der Waals surface area contributed by atoms with Gasteiger partial charge in [0.1, 0.15) is 0 Å². The second kappa shape index (κ2) is 3.79. The molecule has 0 aromatic carbocycles. The normalized spacial score (nSPS) is 22.1. The van der Waals surface area contributed by atoms with Crippen molar-refractivity contribution in [3.05, 3.63) is 18.2 Å². The van der Waals surface area contributed by atoms with E-state index in [9.17, 15) is 4.79 Å². The number of carboxylic acid groups (broad SMARTS) is 1. The third-order valence-electron chi connectivity index (χ3n) is 2.52. The van der Waals surface area contributed by atoms with Gasteiger partial charge in [0, 0.05) is 25.0 Å². The van der Waals surface area contributed by atoms with Crippen LogP contribution in [-0.2, 0) is 0 Å². The third-order valence-corrected chi connectivity index (χ3v) is 2.52. The smallest absolute Gasteiger partial charge is 0.372 e. The van der Waals surface area contributed by atoms with Crippen molar-refractivity contribution in [3.8, 4) is 0 Å². The summed E-state index contributed by atoms with van der Waals surface area (Å²) >= 11 is 0. The molecule has 0 aliphatic carbocycles. The maximum atomic E-state index is 10.8. The van der Waals surface area contributed by atoms with E-state index in [1.807, 2.05) is 0 Å². The van der Waals surface area contributed by atoms with Crippen LogP contribution in [0.2, 0.25) is 0 Å². The highest BCUT2D eigenvalue weighted by atomic mass is 16.4. The van der Waals surface area contributed by atoms with Crippen LogP contribution in [0, 0.1) is 0 Å². The van der Waals surface area contributed by atoms with E-state index < -0.39 is 5.97 Å². The molecule has 0 spiro atoms. The number of nitrogens with zero attached hydrogens (tertiary/aromatic N) is 2. The Bertz CT molecular complexity index is 329. The molecule has 0 amide bonds. The quantitative estimate of drug-likeness (QED) is 0.721. The lowest BCUT2D eigenvalue weighted by atomic mass is 10.1. The van der Waals surface area contributed by atoms with E-state index in [1.54, 1.807) is 10.8 Å². The van der Waals surface area contributed by atoms with Crippen LogP contribution in [0.15, 0.2) is 12.4 Å². The fraction of sp³-hybridized carbons (Fsp3) is 0.556. The van der Waals surface area contributed by atoms with Gasteiger partial charge < -0.3 is 15.0 Å². The summed E-state index contributed by atoms with van der Waals surface area (Å²) in [6, 6.07) is 0.234. The number of hydrogen-bond acceptors (Lipinski definition) is 3. The highest BCUT2D eigenvalue weighted by Gasteiger charge is 2.20. The van der Waals surface area contributed by atoms with Gasteiger partial charge in [-0.15, -0.1) is 0 Å². The fourth-order valence-electron chi connectivity index (χ4n) is 1.84. The summed E-state index contributed by atoms with van der Waals surface area (Å²) in [7, 11) is 0. The molecule has 2 heterocycles. The van der Waals surface area contributed by atoms with Gasteiger partial charge in [0.15, 0.2) is 0 Å². The first kappa shape index (κ1) is 9.21. The Morgan fingerprint density at radius 3 is 3.21 bits per heavy atom. The van der Waals surface area contributed by atoms with Gasteiger partial charge in [0.05, 0.1) is 0 Å². The minimum Gasteiger partial charge on any atom is -0.475 e. The lowest BCUT2D eigenvalue weighted by molar-refractivity contribution is 0.0674. The minimum absolute atomic E-state index is 0.138. The van der Waals surface area contributed by atoms with Crippen LogP contribution in [0.4, 0.5) is 0 Å². The molecule has 76 valence electrons. The lowest BCUT2D eigenvalue weighted by Gasteiger charge is -2.24. The molecule has 5 nitrogen and oxygen atoms in total. The number of nitrogens with one attached hydrogen (secondary N) is 1. The van der Waals surface area contributed by atoms with Crippen molar-refractivity contribution in [2.24, 2.45) is 0 Å². The van der Waals surface area contributed by atoms with E-state index in [4.69, 9.17) is 5.11 Å². The topological polar surface area (TPSA) is 67.1 Å². The minimum atomic E-state index is -0.958. The molecule has 14 heavy (non-hydrogen) atoms. The van der Waals surface area contributed by atoms with Gasteiger partial charge in [-0.25, -0.2) is 9.78 Å². The number of rotatable bonds is 2. The van der Waals surface area contributed by atoms with Crippen LogP contribution >= 0.6 is 0 Å². The lowest BCUT2D eigenvalue weighted by Crippen LogP contribution is -2.32. The Balaban J connectivity index is 2.21. The van der Waals surface area contributed by atoms with Gasteiger partial charge in [0.25, 0.3) is 0 Å². The molecule has 1 aliphatic heterocycles. The molecule has 1 aromatic heterocycles. The van der Waals surface area contributed by atoms with E-state index >= 15 is 0 Å². The number of aromatic carboxylic acids is 1. The number of carbonyl (C=O) groups is 1. The number of aromatic nitrogens is 2. The molecule has 5 heteroatoms. The number of imidazole rings is 1. The summed E-state index contributed by atoms with van der Waals surface area (Å²) in [6.07, 6.45) is 5.38. The summed E-state index contributed by atoms with van der Waals surface area (Å²) in [5.41, 5.74) is 0. The third kappa shape index (κ3) is 1.63.